The third-order valence-electron chi connectivity index (χ3n) is 3.69. The van der Waals surface area contributed by atoms with Gasteiger partial charge >= 0.3 is 0 Å². The smallest absolute Gasteiger partial charge is 0.228 e. The Labute approximate surface area is 127 Å². The number of hydrogen-bond acceptors (Lipinski definition) is 6. The summed E-state index contributed by atoms with van der Waals surface area (Å²) in [7, 11) is 0. The Morgan fingerprint density at radius 2 is 2.27 bits per heavy atom. The van der Waals surface area contributed by atoms with Gasteiger partial charge in [0.1, 0.15) is 0 Å². The molecule has 1 aliphatic heterocycles. The lowest BCUT2D eigenvalue weighted by Gasteiger charge is -2.21. The van der Waals surface area contributed by atoms with Gasteiger partial charge in [0.15, 0.2) is 0 Å². The average Bonchev–Trinajstić information content (AvgIpc) is 3.13. The zero-order chi connectivity index (χ0) is 15.4. The molecule has 2 aromatic rings. The number of H-pyrrole nitrogens is 2. The average molecular weight is 305 g/mol. The molecular formula is C13H19N7O2. The van der Waals surface area contributed by atoms with E-state index in [-0.39, 0.29) is 12.3 Å². The van der Waals surface area contributed by atoms with Gasteiger partial charge < -0.3 is 15.0 Å². The first-order valence-electron chi connectivity index (χ1n) is 7.21. The topological polar surface area (TPSA) is 114 Å². The number of aliphatic hydroxyl groups excluding tert-OH is 1. The van der Waals surface area contributed by atoms with Crippen LogP contribution in [0.15, 0.2) is 18.7 Å². The molecule has 9 heteroatoms. The van der Waals surface area contributed by atoms with Crippen LogP contribution in [0.25, 0.3) is 0 Å². The van der Waals surface area contributed by atoms with Crippen LogP contribution in [0.5, 0.6) is 0 Å². The largest absolute Gasteiger partial charge is 0.390 e. The summed E-state index contributed by atoms with van der Waals surface area (Å²) in [5.41, 5.74) is 1.60. The lowest BCUT2D eigenvalue weighted by Crippen LogP contribution is -2.38. The maximum Gasteiger partial charge on any atom is 0.228 e. The fourth-order valence-corrected chi connectivity index (χ4v) is 2.61. The van der Waals surface area contributed by atoms with Crippen LogP contribution in [0.4, 0.5) is 0 Å². The van der Waals surface area contributed by atoms with E-state index in [0.29, 0.717) is 32.7 Å². The molecule has 0 aliphatic carbocycles. The highest BCUT2D eigenvalue weighted by Crippen LogP contribution is 2.09. The van der Waals surface area contributed by atoms with Crippen molar-refractivity contribution in [1.29, 1.82) is 0 Å². The molecule has 3 heterocycles. The van der Waals surface area contributed by atoms with Gasteiger partial charge in [0, 0.05) is 44.6 Å². The maximum atomic E-state index is 12.3. The van der Waals surface area contributed by atoms with Crippen LogP contribution < -0.4 is 0 Å². The predicted octanol–water partition coefficient (Wildman–Crippen LogP) is -1.22. The first-order valence-corrected chi connectivity index (χ1v) is 7.21. The summed E-state index contributed by atoms with van der Waals surface area (Å²) >= 11 is 0. The molecule has 2 aromatic heterocycles. The summed E-state index contributed by atoms with van der Waals surface area (Å²) < 4.78 is 0. The molecule has 0 saturated carbocycles. The number of imidazole rings is 1. The minimum Gasteiger partial charge on any atom is -0.390 e. The minimum atomic E-state index is -0.569. The van der Waals surface area contributed by atoms with Crippen molar-refractivity contribution in [2.75, 3.05) is 26.2 Å². The molecule has 0 bridgehead atoms. The third-order valence-corrected chi connectivity index (χ3v) is 3.69. The zero-order valence-corrected chi connectivity index (χ0v) is 12.1. The molecule has 3 rings (SSSR count). The molecule has 9 nitrogen and oxygen atoms in total. The number of rotatable bonds is 4. The van der Waals surface area contributed by atoms with Crippen LogP contribution in [0.1, 0.15) is 11.4 Å². The Kier molecular flexibility index (Phi) is 4.45. The van der Waals surface area contributed by atoms with E-state index < -0.39 is 6.10 Å². The van der Waals surface area contributed by atoms with Crippen molar-refractivity contribution < 1.29 is 9.90 Å². The summed E-state index contributed by atoms with van der Waals surface area (Å²) in [6, 6.07) is 0. The van der Waals surface area contributed by atoms with E-state index in [1.54, 1.807) is 23.6 Å². The standard InChI is InChI=1S/C13H19N7O2/c21-12-7-19(6-11-5-16-18-17-11)1-2-20(8-12)13(22)3-10-4-14-9-15-10/h4-5,9,12,21H,1-3,6-8H2,(H,14,15)(H,16,17,18)/t12-/m1/s1. The van der Waals surface area contributed by atoms with Crippen molar-refractivity contribution >= 4 is 5.91 Å². The van der Waals surface area contributed by atoms with Gasteiger partial charge in [-0.25, -0.2) is 4.98 Å². The number of carbonyl (C=O) groups excluding carboxylic acids is 1. The number of amides is 1. The van der Waals surface area contributed by atoms with E-state index in [9.17, 15) is 9.90 Å². The van der Waals surface area contributed by atoms with Crippen molar-refractivity contribution in [2.24, 2.45) is 0 Å². The van der Waals surface area contributed by atoms with Gasteiger partial charge in [0.2, 0.25) is 5.91 Å². The zero-order valence-electron chi connectivity index (χ0n) is 12.1. The number of carbonyl (C=O) groups is 1. The monoisotopic (exact) mass is 305 g/mol. The van der Waals surface area contributed by atoms with E-state index in [0.717, 1.165) is 11.4 Å². The number of nitrogens with zero attached hydrogens (tertiary/aromatic N) is 5. The molecule has 1 fully saturated rings. The summed E-state index contributed by atoms with van der Waals surface area (Å²) in [6.07, 6.45) is 4.57. The number of hydrogen-bond donors (Lipinski definition) is 3. The van der Waals surface area contributed by atoms with Gasteiger partial charge in [0.05, 0.1) is 30.7 Å². The van der Waals surface area contributed by atoms with Crippen molar-refractivity contribution in [2.45, 2.75) is 19.1 Å². The van der Waals surface area contributed by atoms with Crippen LogP contribution in [-0.2, 0) is 17.8 Å². The molecule has 1 atom stereocenters. The van der Waals surface area contributed by atoms with Crippen LogP contribution in [0, 0.1) is 0 Å². The van der Waals surface area contributed by atoms with E-state index >= 15 is 0 Å². The molecule has 22 heavy (non-hydrogen) atoms. The molecule has 0 aromatic carbocycles. The van der Waals surface area contributed by atoms with E-state index in [4.69, 9.17) is 0 Å². The van der Waals surface area contributed by atoms with Crippen molar-refractivity contribution in [3.63, 3.8) is 0 Å². The van der Waals surface area contributed by atoms with E-state index in [2.05, 4.69) is 30.3 Å². The number of aromatic nitrogens is 5. The number of nitrogens with one attached hydrogen (secondary N) is 2. The van der Waals surface area contributed by atoms with Crippen LogP contribution in [-0.4, -0.2) is 78.5 Å². The van der Waals surface area contributed by atoms with Crippen LogP contribution in [0.3, 0.4) is 0 Å². The van der Waals surface area contributed by atoms with Gasteiger partial charge in [0.25, 0.3) is 0 Å². The Balaban J connectivity index is 1.57. The lowest BCUT2D eigenvalue weighted by atomic mass is 10.2. The Bertz CT molecular complexity index is 584. The van der Waals surface area contributed by atoms with Gasteiger partial charge in [-0.2, -0.15) is 15.4 Å². The summed E-state index contributed by atoms with van der Waals surface area (Å²) in [4.78, 5) is 22.9. The fourth-order valence-electron chi connectivity index (χ4n) is 2.61. The number of β-amino-alcohol motifs (C(OH)–C–C–N with tert-alkyl or cyclic N) is 1. The summed E-state index contributed by atoms with van der Waals surface area (Å²) in [5.74, 6) is -0.00779. The van der Waals surface area contributed by atoms with Gasteiger partial charge in [-0.05, 0) is 0 Å². The quantitative estimate of drug-likeness (QED) is 0.652. The third kappa shape index (κ3) is 3.68. The Morgan fingerprint density at radius 1 is 1.36 bits per heavy atom. The second kappa shape index (κ2) is 6.67. The number of aromatic amines is 2. The predicted molar refractivity (Wildman–Crippen MR) is 76.5 cm³/mol. The highest BCUT2D eigenvalue weighted by Gasteiger charge is 2.25. The van der Waals surface area contributed by atoms with Crippen molar-refractivity contribution in [1.82, 2.24) is 35.2 Å². The second-order valence-electron chi connectivity index (χ2n) is 5.44. The van der Waals surface area contributed by atoms with E-state index in [1.807, 2.05) is 0 Å². The molecule has 3 N–H and O–H groups in total. The fraction of sp³-hybridized carbons (Fsp3) is 0.538. The Morgan fingerprint density at radius 3 is 3.00 bits per heavy atom. The van der Waals surface area contributed by atoms with Gasteiger partial charge in [-0.15, -0.1) is 0 Å². The van der Waals surface area contributed by atoms with Crippen LogP contribution in [0.2, 0.25) is 0 Å². The molecule has 118 valence electrons. The SMILES string of the molecule is O=C(Cc1cnc[nH]1)N1CCN(Cc2cn[nH]n2)C[C@@H](O)C1. The molecule has 1 aliphatic rings. The van der Waals surface area contributed by atoms with Gasteiger partial charge in [-0.3, -0.25) is 9.69 Å². The summed E-state index contributed by atoms with van der Waals surface area (Å²) in [6.45, 7) is 2.75. The highest BCUT2D eigenvalue weighted by atomic mass is 16.3. The van der Waals surface area contributed by atoms with E-state index in [1.165, 1.54) is 0 Å². The first kappa shape index (κ1) is 14.7. The highest BCUT2D eigenvalue weighted by molar-refractivity contribution is 5.78. The molecule has 0 spiro atoms. The molecule has 0 unspecified atom stereocenters. The lowest BCUT2D eigenvalue weighted by molar-refractivity contribution is -0.131. The van der Waals surface area contributed by atoms with Crippen LogP contribution >= 0.6 is 0 Å². The van der Waals surface area contributed by atoms with Crippen molar-refractivity contribution in [3.8, 4) is 0 Å². The number of aliphatic hydroxyl groups is 1. The maximum absolute atomic E-state index is 12.3. The minimum absolute atomic E-state index is 0.00779. The normalized spacial score (nSPS) is 20.0. The molecule has 1 saturated heterocycles. The van der Waals surface area contributed by atoms with Gasteiger partial charge in [-0.1, -0.05) is 0 Å². The second-order valence-corrected chi connectivity index (χ2v) is 5.44. The summed E-state index contributed by atoms with van der Waals surface area (Å²) in [5, 5.41) is 20.5. The Hall–Kier alpha value is -2.26. The van der Waals surface area contributed by atoms with Crippen molar-refractivity contribution in [3.05, 3.63) is 30.1 Å². The molecule has 1 amide bonds. The molecule has 0 radical (unpaired) electrons. The first-order chi connectivity index (χ1) is 10.7. The molecular weight excluding hydrogens is 286 g/mol.